The largest absolute Gasteiger partial charge is 0.352 e. The Morgan fingerprint density at radius 1 is 1.03 bits per heavy atom. The molecular formula is C27H34Cl3N3O4S. The van der Waals surface area contributed by atoms with Gasteiger partial charge in [-0.25, -0.2) is 8.42 Å². The first kappa shape index (κ1) is 30.5. The Hall–Kier alpha value is -2.00. The lowest BCUT2D eigenvalue weighted by molar-refractivity contribution is -0.141. The second-order valence-electron chi connectivity index (χ2n) is 9.60. The molecule has 0 spiro atoms. The fourth-order valence-electron chi connectivity index (χ4n) is 4.73. The second kappa shape index (κ2) is 13.9. The highest BCUT2D eigenvalue weighted by molar-refractivity contribution is 7.92. The molecule has 1 fully saturated rings. The number of rotatable bonds is 12. The van der Waals surface area contributed by atoms with Gasteiger partial charge in [-0.3, -0.25) is 13.9 Å². The van der Waals surface area contributed by atoms with E-state index in [1.165, 1.54) is 12.1 Å². The standard InChI is InChI=1S/C27H34Cl3N3O4S/c1-3-24(27(35)31-22-7-4-5-8-22)32(18-19-10-12-20(28)13-11-19)26(34)9-6-16-33(38(2,36)37)25-17-21(29)14-15-23(25)30/h10-15,17,22,24H,3-9,16,18H2,1-2H3,(H,31,35). The van der Waals surface area contributed by atoms with Gasteiger partial charge in [0.05, 0.1) is 17.0 Å². The average molecular weight is 603 g/mol. The van der Waals surface area contributed by atoms with Crippen molar-refractivity contribution in [1.29, 1.82) is 0 Å². The molecular weight excluding hydrogens is 569 g/mol. The molecule has 1 saturated carbocycles. The Balaban J connectivity index is 1.77. The van der Waals surface area contributed by atoms with Crippen LogP contribution in [0.1, 0.15) is 57.4 Å². The Labute approximate surface area is 240 Å². The van der Waals surface area contributed by atoms with Gasteiger partial charge < -0.3 is 10.2 Å². The number of benzene rings is 2. The third-order valence-electron chi connectivity index (χ3n) is 6.68. The molecule has 2 aromatic rings. The number of anilines is 1. The summed E-state index contributed by atoms with van der Waals surface area (Å²) in [6.07, 6.45) is 5.87. The van der Waals surface area contributed by atoms with Crippen molar-refractivity contribution < 1.29 is 18.0 Å². The molecule has 0 aromatic heterocycles. The van der Waals surface area contributed by atoms with E-state index in [-0.39, 0.29) is 54.5 Å². The highest BCUT2D eigenvalue weighted by atomic mass is 35.5. The Morgan fingerprint density at radius 2 is 1.66 bits per heavy atom. The molecule has 1 aliphatic carbocycles. The molecule has 0 radical (unpaired) electrons. The van der Waals surface area contributed by atoms with Gasteiger partial charge in [-0.05, 0) is 61.6 Å². The molecule has 1 N–H and O–H groups in total. The fraction of sp³-hybridized carbons (Fsp3) is 0.481. The third kappa shape index (κ3) is 8.50. The van der Waals surface area contributed by atoms with Crippen LogP contribution >= 0.6 is 34.8 Å². The zero-order valence-electron chi connectivity index (χ0n) is 21.6. The van der Waals surface area contributed by atoms with Crippen molar-refractivity contribution in [3.63, 3.8) is 0 Å². The van der Waals surface area contributed by atoms with Crippen LogP contribution in [0.4, 0.5) is 5.69 Å². The van der Waals surface area contributed by atoms with Gasteiger partial charge >= 0.3 is 0 Å². The minimum absolute atomic E-state index is 0.0322. The SMILES string of the molecule is CCC(C(=O)NC1CCCC1)N(Cc1ccc(Cl)cc1)C(=O)CCCN(c1cc(Cl)ccc1Cl)S(C)(=O)=O. The molecule has 0 saturated heterocycles. The van der Waals surface area contributed by atoms with Crippen LogP contribution in [0.15, 0.2) is 42.5 Å². The van der Waals surface area contributed by atoms with Gasteiger partial charge in [0.2, 0.25) is 21.8 Å². The number of carbonyl (C=O) groups is 2. The zero-order chi connectivity index (χ0) is 27.9. The maximum Gasteiger partial charge on any atom is 0.243 e. The van der Waals surface area contributed by atoms with Crippen molar-refractivity contribution in [1.82, 2.24) is 10.2 Å². The van der Waals surface area contributed by atoms with Gasteiger partial charge in [0, 0.05) is 35.6 Å². The number of carbonyl (C=O) groups excluding carboxylic acids is 2. The van der Waals surface area contributed by atoms with Crippen molar-refractivity contribution in [3.8, 4) is 0 Å². The van der Waals surface area contributed by atoms with E-state index >= 15 is 0 Å². The molecule has 2 amide bonds. The van der Waals surface area contributed by atoms with Crippen LogP contribution in [-0.2, 0) is 26.2 Å². The highest BCUT2D eigenvalue weighted by Gasteiger charge is 2.31. The van der Waals surface area contributed by atoms with Crippen LogP contribution in [0.2, 0.25) is 15.1 Å². The zero-order valence-corrected chi connectivity index (χ0v) is 24.7. The van der Waals surface area contributed by atoms with Crippen LogP contribution in [0.3, 0.4) is 0 Å². The van der Waals surface area contributed by atoms with E-state index in [0.717, 1.165) is 41.8 Å². The molecule has 0 aliphatic heterocycles. The minimum Gasteiger partial charge on any atom is -0.352 e. The first-order valence-electron chi connectivity index (χ1n) is 12.8. The summed E-state index contributed by atoms with van der Waals surface area (Å²) in [5.74, 6) is -0.399. The first-order chi connectivity index (χ1) is 18.0. The van der Waals surface area contributed by atoms with Crippen molar-refractivity contribution >= 4 is 62.3 Å². The summed E-state index contributed by atoms with van der Waals surface area (Å²) in [5.41, 5.74) is 1.10. The van der Waals surface area contributed by atoms with E-state index in [0.29, 0.717) is 16.5 Å². The van der Waals surface area contributed by atoms with Crippen LogP contribution in [0, 0.1) is 0 Å². The Bertz CT molecular complexity index is 1220. The summed E-state index contributed by atoms with van der Waals surface area (Å²) in [7, 11) is -3.69. The van der Waals surface area contributed by atoms with Gasteiger partial charge in [-0.1, -0.05) is 66.7 Å². The molecule has 208 valence electrons. The maximum atomic E-state index is 13.5. The molecule has 11 heteroatoms. The predicted octanol–water partition coefficient (Wildman–Crippen LogP) is 6.06. The lowest BCUT2D eigenvalue weighted by Gasteiger charge is -2.32. The smallest absolute Gasteiger partial charge is 0.243 e. The van der Waals surface area contributed by atoms with Crippen LogP contribution < -0.4 is 9.62 Å². The quantitative estimate of drug-likeness (QED) is 0.320. The van der Waals surface area contributed by atoms with Crippen molar-refractivity contribution in [3.05, 3.63) is 63.1 Å². The first-order valence-corrected chi connectivity index (χ1v) is 15.7. The molecule has 7 nitrogen and oxygen atoms in total. The van der Waals surface area contributed by atoms with Crippen molar-refractivity contribution in [2.45, 2.75) is 70.5 Å². The Morgan fingerprint density at radius 3 is 2.26 bits per heavy atom. The van der Waals surface area contributed by atoms with Gasteiger partial charge in [0.15, 0.2) is 0 Å². The summed E-state index contributed by atoms with van der Waals surface area (Å²) in [6, 6.07) is 11.2. The molecule has 3 rings (SSSR count). The molecule has 38 heavy (non-hydrogen) atoms. The van der Waals surface area contributed by atoms with Gasteiger partial charge in [-0.2, -0.15) is 0 Å². The van der Waals surface area contributed by atoms with Gasteiger partial charge in [0.1, 0.15) is 6.04 Å². The number of hydrogen-bond acceptors (Lipinski definition) is 4. The van der Waals surface area contributed by atoms with Crippen LogP contribution in [-0.4, -0.2) is 50.0 Å². The minimum atomic E-state index is -3.69. The van der Waals surface area contributed by atoms with E-state index in [1.807, 2.05) is 19.1 Å². The van der Waals surface area contributed by atoms with Crippen molar-refractivity contribution in [2.75, 3.05) is 17.1 Å². The molecule has 2 aromatic carbocycles. The second-order valence-corrected chi connectivity index (χ2v) is 12.8. The van der Waals surface area contributed by atoms with Crippen LogP contribution in [0.5, 0.6) is 0 Å². The van der Waals surface area contributed by atoms with E-state index in [4.69, 9.17) is 34.8 Å². The fourth-order valence-corrected chi connectivity index (χ4v) is 6.26. The predicted molar refractivity (Wildman–Crippen MR) is 154 cm³/mol. The molecule has 0 bridgehead atoms. The lowest BCUT2D eigenvalue weighted by Crippen LogP contribution is -2.51. The maximum absolute atomic E-state index is 13.5. The van der Waals surface area contributed by atoms with E-state index < -0.39 is 16.1 Å². The van der Waals surface area contributed by atoms with E-state index in [9.17, 15) is 18.0 Å². The highest BCUT2D eigenvalue weighted by Crippen LogP contribution is 2.31. The number of amides is 2. The summed E-state index contributed by atoms with van der Waals surface area (Å²) in [4.78, 5) is 28.4. The number of sulfonamides is 1. The molecule has 0 heterocycles. The summed E-state index contributed by atoms with van der Waals surface area (Å²) in [6.45, 7) is 2.15. The number of halogens is 3. The van der Waals surface area contributed by atoms with Gasteiger partial charge in [0.25, 0.3) is 0 Å². The normalized spacial score (nSPS) is 14.8. The topological polar surface area (TPSA) is 86.8 Å². The van der Waals surface area contributed by atoms with E-state index in [1.54, 1.807) is 23.1 Å². The lowest BCUT2D eigenvalue weighted by atomic mass is 10.1. The molecule has 1 unspecified atom stereocenters. The number of hydrogen-bond donors (Lipinski definition) is 1. The molecule has 1 atom stereocenters. The van der Waals surface area contributed by atoms with Gasteiger partial charge in [-0.15, -0.1) is 0 Å². The van der Waals surface area contributed by atoms with E-state index in [2.05, 4.69) is 5.32 Å². The molecule has 1 aliphatic rings. The summed E-state index contributed by atoms with van der Waals surface area (Å²) >= 11 is 18.4. The Kier molecular flexibility index (Phi) is 11.2. The average Bonchev–Trinajstić information content (AvgIpc) is 3.36. The summed E-state index contributed by atoms with van der Waals surface area (Å²) in [5, 5.41) is 4.29. The third-order valence-corrected chi connectivity index (χ3v) is 8.67. The van der Waals surface area contributed by atoms with Crippen LogP contribution in [0.25, 0.3) is 0 Å². The summed E-state index contributed by atoms with van der Waals surface area (Å²) < 4.78 is 26.2. The number of nitrogens with one attached hydrogen (secondary N) is 1. The monoisotopic (exact) mass is 601 g/mol. The van der Waals surface area contributed by atoms with Crippen molar-refractivity contribution in [2.24, 2.45) is 0 Å². The number of nitrogens with zero attached hydrogens (tertiary/aromatic N) is 2.